The molecule has 2 atom stereocenters. The lowest BCUT2D eigenvalue weighted by atomic mass is 10.1. The average Bonchev–Trinajstić information content (AvgIpc) is 3.22. The zero-order valence-electron chi connectivity index (χ0n) is 15.2. The van der Waals surface area contributed by atoms with Crippen LogP contribution in [0.15, 0.2) is 24.3 Å². The van der Waals surface area contributed by atoms with Crippen LogP contribution in [0, 0.1) is 0 Å². The number of nitrogens with zero attached hydrogens (tertiary/aromatic N) is 5. The number of hydrogen-bond acceptors (Lipinski definition) is 6. The fourth-order valence-corrected chi connectivity index (χ4v) is 5.07. The van der Waals surface area contributed by atoms with Gasteiger partial charge in [-0.3, -0.25) is 4.79 Å². The van der Waals surface area contributed by atoms with Crippen molar-refractivity contribution in [3.63, 3.8) is 0 Å². The van der Waals surface area contributed by atoms with E-state index in [4.69, 9.17) is 11.6 Å². The third-order valence-corrected chi connectivity index (χ3v) is 6.79. The van der Waals surface area contributed by atoms with Crippen LogP contribution >= 0.6 is 11.6 Å². The maximum atomic E-state index is 12.9. The van der Waals surface area contributed by atoms with Gasteiger partial charge in [0, 0.05) is 22.7 Å². The highest BCUT2D eigenvalue weighted by Crippen LogP contribution is 2.22. The number of carbonyl (C=O) groups is 1. The van der Waals surface area contributed by atoms with Crippen LogP contribution in [0.5, 0.6) is 0 Å². The third kappa shape index (κ3) is 4.65. The molecule has 8 nitrogen and oxygen atoms in total. The Morgan fingerprint density at radius 3 is 2.67 bits per heavy atom. The van der Waals surface area contributed by atoms with Crippen molar-refractivity contribution in [3.05, 3.63) is 29.3 Å². The second kappa shape index (κ2) is 7.93. The molecule has 1 saturated heterocycles. The van der Waals surface area contributed by atoms with Crippen LogP contribution in [-0.2, 0) is 21.2 Å². The Morgan fingerprint density at radius 1 is 1.37 bits per heavy atom. The molecular weight excluding hydrogens is 390 g/mol. The Hall–Kier alpha value is -2.00. The molecule has 10 heteroatoms. The number of halogens is 1. The number of carbonyl (C=O) groups excluding carboxylic acids is 1. The van der Waals surface area contributed by atoms with Crippen molar-refractivity contribution in [2.24, 2.45) is 0 Å². The predicted octanol–water partition coefficient (Wildman–Crippen LogP) is 1.81. The first-order valence-corrected chi connectivity index (χ1v) is 11.0. The van der Waals surface area contributed by atoms with E-state index in [0.717, 1.165) is 12.0 Å². The lowest BCUT2D eigenvalue weighted by Gasteiger charge is -2.33. The SMILES string of the molecule is CC[C@@H](C)N(C(=O)Cn1nnc(-c2ccc(Cl)cc2)n1)[C@H]1CCS(=O)(=O)C1. The van der Waals surface area contributed by atoms with E-state index in [1.54, 1.807) is 29.2 Å². The summed E-state index contributed by atoms with van der Waals surface area (Å²) >= 11 is 5.88. The number of amides is 1. The van der Waals surface area contributed by atoms with E-state index in [-0.39, 0.29) is 36.0 Å². The quantitative estimate of drug-likeness (QED) is 0.718. The summed E-state index contributed by atoms with van der Waals surface area (Å²) in [5.41, 5.74) is 0.749. The molecule has 0 spiro atoms. The van der Waals surface area contributed by atoms with E-state index in [1.165, 1.54) is 4.80 Å². The average molecular weight is 412 g/mol. The normalized spacial score (nSPS) is 19.7. The van der Waals surface area contributed by atoms with E-state index in [9.17, 15) is 13.2 Å². The molecule has 2 aromatic rings. The molecule has 0 unspecified atom stereocenters. The highest BCUT2D eigenvalue weighted by atomic mass is 35.5. The van der Waals surface area contributed by atoms with Gasteiger partial charge >= 0.3 is 0 Å². The van der Waals surface area contributed by atoms with Crippen LogP contribution in [0.4, 0.5) is 0 Å². The first-order chi connectivity index (χ1) is 12.8. The fourth-order valence-electron chi connectivity index (χ4n) is 3.23. The van der Waals surface area contributed by atoms with Crippen LogP contribution in [0.2, 0.25) is 5.02 Å². The molecule has 27 heavy (non-hydrogen) atoms. The van der Waals surface area contributed by atoms with Crippen molar-refractivity contribution in [1.29, 1.82) is 0 Å². The largest absolute Gasteiger partial charge is 0.334 e. The van der Waals surface area contributed by atoms with Gasteiger partial charge in [0.2, 0.25) is 11.7 Å². The first kappa shape index (κ1) is 19.8. The van der Waals surface area contributed by atoms with E-state index in [1.807, 2.05) is 13.8 Å². The van der Waals surface area contributed by atoms with Gasteiger partial charge < -0.3 is 4.90 Å². The highest BCUT2D eigenvalue weighted by Gasteiger charge is 2.36. The number of rotatable bonds is 6. The zero-order chi connectivity index (χ0) is 19.6. The lowest BCUT2D eigenvalue weighted by molar-refractivity contribution is -0.136. The van der Waals surface area contributed by atoms with Gasteiger partial charge in [0.1, 0.15) is 6.54 Å². The van der Waals surface area contributed by atoms with Crippen LogP contribution in [0.25, 0.3) is 11.4 Å². The standard InChI is InChI=1S/C17H22ClN5O3S/c1-3-12(2)23(15-8-9-27(25,26)11-15)16(24)10-22-20-17(19-21-22)13-4-6-14(18)7-5-13/h4-7,12,15H,3,8-11H2,1-2H3/t12-,15+/m1/s1. The molecular formula is C17H22ClN5O3S. The number of sulfone groups is 1. The van der Waals surface area contributed by atoms with Gasteiger partial charge in [-0.15, -0.1) is 10.2 Å². The molecule has 0 N–H and O–H groups in total. The number of hydrogen-bond donors (Lipinski definition) is 0. The zero-order valence-corrected chi connectivity index (χ0v) is 16.8. The monoisotopic (exact) mass is 411 g/mol. The van der Waals surface area contributed by atoms with Crippen molar-refractivity contribution >= 4 is 27.3 Å². The van der Waals surface area contributed by atoms with Crippen LogP contribution in [-0.4, -0.2) is 63.0 Å². The summed E-state index contributed by atoms with van der Waals surface area (Å²) < 4.78 is 23.7. The van der Waals surface area contributed by atoms with E-state index >= 15 is 0 Å². The summed E-state index contributed by atoms with van der Waals surface area (Å²) in [6, 6.07) is 6.66. The summed E-state index contributed by atoms with van der Waals surface area (Å²) in [5.74, 6) is 0.342. The summed E-state index contributed by atoms with van der Waals surface area (Å²) in [4.78, 5) is 15.8. The van der Waals surface area contributed by atoms with E-state index in [2.05, 4.69) is 15.4 Å². The highest BCUT2D eigenvalue weighted by molar-refractivity contribution is 7.91. The minimum Gasteiger partial charge on any atom is -0.334 e. The number of aromatic nitrogens is 4. The van der Waals surface area contributed by atoms with E-state index < -0.39 is 9.84 Å². The van der Waals surface area contributed by atoms with E-state index in [0.29, 0.717) is 17.3 Å². The van der Waals surface area contributed by atoms with Gasteiger partial charge in [0.15, 0.2) is 9.84 Å². The fraction of sp³-hybridized carbons (Fsp3) is 0.529. The molecule has 1 aromatic heterocycles. The minimum atomic E-state index is -3.08. The van der Waals surface area contributed by atoms with Gasteiger partial charge in [0.25, 0.3) is 0 Å². The first-order valence-electron chi connectivity index (χ1n) is 8.84. The summed E-state index contributed by atoms with van der Waals surface area (Å²) in [6.45, 7) is 3.82. The van der Waals surface area contributed by atoms with Crippen molar-refractivity contribution < 1.29 is 13.2 Å². The molecule has 1 fully saturated rings. The molecule has 0 radical (unpaired) electrons. The molecule has 2 heterocycles. The van der Waals surface area contributed by atoms with Gasteiger partial charge in [-0.05, 0) is 49.2 Å². The van der Waals surface area contributed by atoms with Gasteiger partial charge in [-0.2, -0.15) is 4.80 Å². The maximum absolute atomic E-state index is 12.9. The molecule has 1 aromatic carbocycles. The van der Waals surface area contributed by atoms with Crippen molar-refractivity contribution in [3.8, 4) is 11.4 Å². The third-order valence-electron chi connectivity index (χ3n) is 4.79. The maximum Gasteiger partial charge on any atom is 0.246 e. The summed E-state index contributed by atoms with van der Waals surface area (Å²) in [5, 5.41) is 12.8. The number of tetrazole rings is 1. The molecule has 1 aliphatic heterocycles. The van der Waals surface area contributed by atoms with Crippen molar-refractivity contribution in [1.82, 2.24) is 25.1 Å². The second-order valence-electron chi connectivity index (χ2n) is 6.77. The molecule has 146 valence electrons. The van der Waals surface area contributed by atoms with Crippen molar-refractivity contribution in [2.45, 2.75) is 45.3 Å². The summed E-state index contributed by atoms with van der Waals surface area (Å²) in [7, 11) is -3.08. The van der Waals surface area contributed by atoms with Crippen LogP contribution in [0.3, 0.4) is 0 Å². The Morgan fingerprint density at radius 2 is 2.07 bits per heavy atom. The summed E-state index contributed by atoms with van der Waals surface area (Å²) in [6.07, 6.45) is 1.21. The molecule has 0 saturated carbocycles. The van der Waals surface area contributed by atoms with Gasteiger partial charge in [-0.1, -0.05) is 18.5 Å². The van der Waals surface area contributed by atoms with Gasteiger partial charge in [0.05, 0.1) is 11.5 Å². The van der Waals surface area contributed by atoms with Gasteiger partial charge in [-0.25, -0.2) is 8.42 Å². The Labute approximate surface area is 163 Å². The second-order valence-corrected chi connectivity index (χ2v) is 9.43. The molecule has 0 aliphatic carbocycles. The Balaban J connectivity index is 1.75. The lowest BCUT2D eigenvalue weighted by Crippen LogP contribution is -2.48. The number of benzene rings is 1. The topological polar surface area (TPSA) is 98.1 Å². The predicted molar refractivity (Wildman–Crippen MR) is 102 cm³/mol. The Kier molecular flexibility index (Phi) is 5.81. The van der Waals surface area contributed by atoms with Crippen LogP contribution < -0.4 is 0 Å². The molecule has 3 rings (SSSR count). The molecule has 1 amide bonds. The van der Waals surface area contributed by atoms with Crippen molar-refractivity contribution in [2.75, 3.05) is 11.5 Å². The minimum absolute atomic E-state index is 0.0177. The Bertz CT molecular complexity index is 913. The smallest absolute Gasteiger partial charge is 0.246 e. The molecule has 0 bridgehead atoms. The van der Waals surface area contributed by atoms with Crippen LogP contribution in [0.1, 0.15) is 26.7 Å². The molecule has 1 aliphatic rings.